The van der Waals surface area contributed by atoms with Crippen LogP contribution in [-0.4, -0.2) is 62.5 Å². The number of carboxylic acid groups (broad SMARTS) is 1. The van der Waals surface area contributed by atoms with Crippen LogP contribution in [-0.2, 0) is 16.2 Å². The fourth-order valence-electron chi connectivity index (χ4n) is 3.53. The number of carbonyl (C=O) groups excluding carboxylic acids is 1. The summed E-state index contributed by atoms with van der Waals surface area (Å²) in [5.41, 5.74) is 1.07. The van der Waals surface area contributed by atoms with Crippen molar-refractivity contribution < 1.29 is 24.7 Å². The third-order valence-corrected chi connectivity index (χ3v) is 4.98. The molecule has 8 heteroatoms. The molecule has 29 heavy (non-hydrogen) atoms. The monoisotopic (exact) mass is 401 g/mol. The van der Waals surface area contributed by atoms with Gasteiger partial charge in [-0.05, 0) is 24.8 Å². The van der Waals surface area contributed by atoms with Crippen molar-refractivity contribution in [3.05, 3.63) is 60.4 Å². The van der Waals surface area contributed by atoms with Gasteiger partial charge in [0.15, 0.2) is 0 Å². The number of aliphatic hydroxyl groups excluding tert-OH is 1. The van der Waals surface area contributed by atoms with Crippen molar-refractivity contribution in [2.45, 2.75) is 44.2 Å². The van der Waals surface area contributed by atoms with E-state index in [0.717, 1.165) is 23.5 Å². The van der Waals surface area contributed by atoms with E-state index in [1.54, 1.807) is 12.3 Å². The van der Waals surface area contributed by atoms with E-state index in [1.807, 2.05) is 41.3 Å². The molecule has 2 aliphatic rings. The summed E-state index contributed by atoms with van der Waals surface area (Å²) in [7, 11) is 0. The van der Waals surface area contributed by atoms with Gasteiger partial charge in [-0.15, -0.1) is 10.0 Å². The Bertz CT molecular complexity index is 752. The lowest BCUT2D eigenvalue weighted by Gasteiger charge is -2.34. The molecular formula is C21H27N3O5. The van der Waals surface area contributed by atoms with E-state index in [4.69, 9.17) is 10.0 Å². The molecule has 2 N–H and O–H groups in total. The van der Waals surface area contributed by atoms with Crippen molar-refractivity contribution in [2.75, 3.05) is 13.1 Å². The zero-order valence-corrected chi connectivity index (χ0v) is 16.3. The molecular weight excluding hydrogens is 374 g/mol. The summed E-state index contributed by atoms with van der Waals surface area (Å²) in [4.78, 5) is 30.2. The third-order valence-electron chi connectivity index (χ3n) is 4.98. The lowest BCUT2D eigenvalue weighted by Crippen LogP contribution is -2.43. The van der Waals surface area contributed by atoms with E-state index < -0.39 is 12.2 Å². The van der Waals surface area contributed by atoms with Gasteiger partial charge in [-0.2, -0.15) is 0 Å². The number of carbonyl (C=O) groups is 2. The van der Waals surface area contributed by atoms with Crippen molar-refractivity contribution in [1.82, 2.24) is 15.0 Å². The topological polar surface area (TPSA) is 93.6 Å². The summed E-state index contributed by atoms with van der Waals surface area (Å²) in [5.74, 6) is 0.105. The number of piperidine rings is 1. The predicted molar refractivity (Wildman–Crippen MR) is 106 cm³/mol. The third kappa shape index (κ3) is 6.07. The van der Waals surface area contributed by atoms with Crippen LogP contribution < -0.4 is 0 Å². The molecule has 3 rings (SSSR count). The normalized spacial score (nSPS) is 20.7. The second-order valence-corrected chi connectivity index (χ2v) is 7.17. The molecule has 0 saturated carbocycles. The minimum atomic E-state index is -1.19. The first-order valence-corrected chi connectivity index (χ1v) is 9.88. The maximum Gasteiger partial charge on any atom is 0.437 e. The molecule has 1 fully saturated rings. The molecule has 2 aliphatic heterocycles. The molecule has 2 heterocycles. The smallest absolute Gasteiger partial charge is 0.437 e. The maximum absolute atomic E-state index is 12.4. The number of likely N-dealkylation sites (tertiary alicyclic amines) is 1. The van der Waals surface area contributed by atoms with Gasteiger partial charge in [-0.1, -0.05) is 42.5 Å². The number of rotatable bonds is 8. The molecule has 0 aliphatic carbocycles. The number of hydroxylamine groups is 4. The van der Waals surface area contributed by atoms with Gasteiger partial charge in [-0.3, -0.25) is 4.79 Å². The highest BCUT2D eigenvalue weighted by molar-refractivity contribution is 5.77. The van der Waals surface area contributed by atoms with Gasteiger partial charge in [0.25, 0.3) is 0 Å². The van der Waals surface area contributed by atoms with Crippen molar-refractivity contribution in [3.63, 3.8) is 0 Å². The van der Waals surface area contributed by atoms with E-state index >= 15 is 0 Å². The van der Waals surface area contributed by atoms with E-state index in [-0.39, 0.29) is 11.9 Å². The van der Waals surface area contributed by atoms with Crippen LogP contribution in [0.3, 0.4) is 0 Å². The van der Waals surface area contributed by atoms with E-state index in [0.29, 0.717) is 32.4 Å². The van der Waals surface area contributed by atoms with Crippen LogP contribution in [0.1, 0.15) is 31.2 Å². The van der Waals surface area contributed by atoms with E-state index in [2.05, 4.69) is 0 Å². The number of amides is 2. The lowest BCUT2D eigenvalue weighted by atomic mass is 9.99. The van der Waals surface area contributed by atoms with Crippen LogP contribution in [0.15, 0.2) is 54.9 Å². The van der Waals surface area contributed by atoms with Gasteiger partial charge in [0.2, 0.25) is 5.91 Å². The molecule has 1 aromatic rings. The fourth-order valence-corrected chi connectivity index (χ4v) is 3.53. The highest BCUT2D eigenvalue weighted by Crippen LogP contribution is 2.20. The largest absolute Gasteiger partial charge is 0.463 e. The summed E-state index contributed by atoms with van der Waals surface area (Å²) in [6.45, 7) is 1.01. The Morgan fingerprint density at radius 1 is 1.24 bits per heavy atom. The van der Waals surface area contributed by atoms with Gasteiger partial charge in [0.05, 0.1) is 18.3 Å². The average molecular weight is 401 g/mol. The first kappa shape index (κ1) is 20.9. The molecule has 0 spiro atoms. The summed E-state index contributed by atoms with van der Waals surface area (Å²) in [6.07, 6.45) is 8.22. The Balaban J connectivity index is 1.49. The number of hydrogen-bond donors (Lipinski definition) is 2. The first-order chi connectivity index (χ1) is 14.0. The minimum absolute atomic E-state index is 0.0350. The molecule has 2 atom stereocenters. The standard InChI is InChI=1S/C21H27N3O5/c25-19(16-17-6-2-1-3-7-17)11-10-18-8-4-9-20(26)23(18)13-5-12-22-14-15-24(29-22)21(27)28/h1-3,6-7,10-11,14-15,18-19,25H,4-5,8-9,12-13,16H2,(H,27,28)/b11-10+/t18-,19-/m1/s1. The highest BCUT2D eigenvalue weighted by atomic mass is 16.9. The number of nitrogens with zero attached hydrogens (tertiary/aromatic N) is 3. The lowest BCUT2D eigenvalue weighted by molar-refractivity contribution is -0.237. The zero-order chi connectivity index (χ0) is 20.6. The molecule has 1 aromatic carbocycles. The SMILES string of the molecule is O=C(O)N1C=CN(CCCN2C(=O)CCC[C@@H]2/C=C/[C@@H](O)Cc2ccccc2)O1. The molecule has 8 nitrogen and oxygen atoms in total. The zero-order valence-electron chi connectivity index (χ0n) is 16.3. The van der Waals surface area contributed by atoms with Crippen LogP contribution in [0.2, 0.25) is 0 Å². The summed E-state index contributed by atoms with van der Waals surface area (Å²) < 4.78 is 0. The quantitative estimate of drug-likeness (QED) is 0.650. The Labute approximate surface area is 170 Å². The van der Waals surface area contributed by atoms with Crippen LogP contribution in [0.4, 0.5) is 4.79 Å². The molecule has 1 saturated heterocycles. The predicted octanol–water partition coefficient (Wildman–Crippen LogP) is 2.53. The van der Waals surface area contributed by atoms with Gasteiger partial charge < -0.3 is 15.1 Å². The minimum Gasteiger partial charge on any atom is -0.463 e. The van der Waals surface area contributed by atoms with Crippen molar-refractivity contribution in [1.29, 1.82) is 0 Å². The van der Waals surface area contributed by atoms with Gasteiger partial charge in [-0.25, -0.2) is 9.86 Å². The Morgan fingerprint density at radius 3 is 2.76 bits per heavy atom. The van der Waals surface area contributed by atoms with Gasteiger partial charge >= 0.3 is 6.09 Å². The summed E-state index contributed by atoms with van der Waals surface area (Å²) in [5, 5.41) is 21.3. The van der Waals surface area contributed by atoms with E-state index in [9.17, 15) is 14.7 Å². The molecule has 0 radical (unpaired) electrons. The van der Waals surface area contributed by atoms with E-state index in [1.165, 1.54) is 11.3 Å². The summed E-state index contributed by atoms with van der Waals surface area (Å²) >= 11 is 0. The van der Waals surface area contributed by atoms with Crippen molar-refractivity contribution in [3.8, 4) is 0 Å². The van der Waals surface area contributed by atoms with Crippen LogP contribution >= 0.6 is 0 Å². The Kier molecular flexibility index (Phi) is 7.26. The molecule has 0 aromatic heterocycles. The van der Waals surface area contributed by atoms with Crippen molar-refractivity contribution in [2.24, 2.45) is 0 Å². The van der Waals surface area contributed by atoms with Gasteiger partial charge in [0, 0.05) is 32.1 Å². The number of aliphatic hydroxyl groups is 1. The number of benzene rings is 1. The second kappa shape index (κ2) is 10.1. The Morgan fingerprint density at radius 2 is 2.03 bits per heavy atom. The molecule has 0 unspecified atom stereocenters. The second-order valence-electron chi connectivity index (χ2n) is 7.17. The van der Waals surface area contributed by atoms with Crippen LogP contribution in [0, 0.1) is 0 Å². The maximum atomic E-state index is 12.4. The fraction of sp³-hybridized carbons (Fsp3) is 0.429. The first-order valence-electron chi connectivity index (χ1n) is 9.88. The van der Waals surface area contributed by atoms with Crippen LogP contribution in [0.25, 0.3) is 0 Å². The van der Waals surface area contributed by atoms with Crippen LogP contribution in [0.5, 0.6) is 0 Å². The van der Waals surface area contributed by atoms with Crippen molar-refractivity contribution >= 4 is 12.0 Å². The molecule has 0 bridgehead atoms. The highest BCUT2D eigenvalue weighted by Gasteiger charge is 2.26. The summed E-state index contributed by atoms with van der Waals surface area (Å²) in [6, 6.07) is 9.76. The number of hydrogen-bond acceptors (Lipinski definition) is 5. The molecule has 156 valence electrons. The Hall–Kier alpha value is -2.84. The average Bonchev–Trinajstić information content (AvgIpc) is 3.18. The van der Waals surface area contributed by atoms with Gasteiger partial charge in [0.1, 0.15) is 0 Å². The molecule has 2 amide bonds.